The van der Waals surface area contributed by atoms with E-state index in [0.29, 0.717) is 4.47 Å². The van der Waals surface area contributed by atoms with Gasteiger partial charge in [-0.25, -0.2) is 4.39 Å². The van der Waals surface area contributed by atoms with Gasteiger partial charge in [-0.05, 0) is 51.8 Å². The van der Waals surface area contributed by atoms with Gasteiger partial charge in [-0.2, -0.15) is 0 Å². The minimum absolute atomic E-state index is 0.0349. The summed E-state index contributed by atoms with van der Waals surface area (Å²) in [5.74, 6) is -1.44. The van der Waals surface area contributed by atoms with E-state index in [9.17, 15) is 9.18 Å². The van der Waals surface area contributed by atoms with Crippen LogP contribution in [0.5, 0.6) is 0 Å². The van der Waals surface area contributed by atoms with Crippen molar-refractivity contribution in [1.82, 2.24) is 0 Å². The normalized spacial score (nSPS) is 10.6. The van der Waals surface area contributed by atoms with Gasteiger partial charge in [-0.1, -0.05) is 11.6 Å². The van der Waals surface area contributed by atoms with E-state index in [1.165, 1.54) is 24.3 Å². The molecule has 0 saturated heterocycles. The van der Waals surface area contributed by atoms with E-state index in [1.54, 1.807) is 0 Å². The number of hydrogen-bond acceptors (Lipinski definition) is 2. The van der Waals surface area contributed by atoms with Crippen molar-refractivity contribution in [3.63, 3.8) is 0 Å². The molecule has 1 aromatic carbocycles. The van der Waals surface area contributed by atoms with E-state index in [1.807, 2.05) is 0 Å². The van der Waals surface area contributed by atoms with Crippen molar-refractivity contribution in [2.45, 2.75) is 0 Å². The van der Waals surface area contributed by atoms with Crippen molar-refractivity contribution in [2.24, 2.45) is 0 Å². The van der Waals surface area contributed by atoms with Gasteiger partial charge in [-0.15, -0.1) is 0 Å². The van der Waals surface area contributed by atoms with Gasteiger partial charge in [-0.3, -0.25) is 4.79 Å². The van der Waals surface area contributed by atoms with Crippen molar-refractivity contribution in [2.75, 3.05) is 0 Å². The number of benzene rings is 1. The molecule has 1 heterocycles. The van der Waals surface area contributed by atoms with Gasteiger partial charge >= 0.3 is 0 Å². The molecule has 1 aromatic heterocycles. The highest BCUT2D eigenvalue weighted by Gasteiger charge is 2.20. The second kappa shape index (κ2) is 4.80. The van der Waals surface area contributed by atoms with Crippen molar-refractivity contribution >= 4 is 44.9 Å². The molecular formula is C11H4BrCl2FO2. The number of halogens is 4. The summed E-state index contributed by atoms with van der Waals surface area (Å²) in [6.07, 6.45) is 0. The van der Waals surface area contributed by atoms with Crippen LogP contribution in [0, 0.1) is 5.82 Å². The fraction of sp³-hybridized carbons (Fsp3) is 0. The number of carbonyl (C=O) groups excluding carboxylic acids is 1. The number of ketones is 1. The summed E-state index contributed by atoms with van der Waals surface area (Å²) in [5.41, 5.74) is -0.163. The highest BCUT2D eigenvalue weighted by atomic mass is 79.9. The Hall–Kier alpha value is -0.840. The lowest BCUT2D eigenvalue weighted by atomic mass is 10.1. The minimum Gasteiger partial charge on any atom is -0.441 e. The molecule has 88 valence electrons. The topological polar surface area (TPSA) is 30.2 Å². The molecule has 0 saturated carbocycles. The van der Waals surface area contributed by atoms with Crippen molar-refractivity contribution in [3.05, 3.63) is 56.1 Å². The van der Waals surface area contributed by atoms with E-state index < -0.39 is 11.6 Å². The summed E-state index contributed by atoms with van der Waals surface area (Å²) < 4.78 is 19.0. The number of rotatable bonds is 2. The molecule has 0 bridgehead atoms. The molecule has 0 aliphatic carbocycles. The van der Waals surface area contributed by atoms with Crippen LogP contribution >= 0.6 is 39.1 Å². The molecule has 0 N–H and O–H groups in total. The summed E-state index contributed by atoms with van der Waals surface area (Å²) >= 11 is 14.3. The molecule has 0 amide bonds. The van der Waals surface area contributed by atoms with Crippen molar-refractivity contribution < 1.29 is 13.6 Å². The molecule has 2 nitrogen and oxygen atoms in total. The Labute approximate surface area is 114 Å². The Morgan fingerprint density at radius 3 is 2.53 bits per heavy atom. The quantitative estimate of drug-likeness (QED) is 0.586. The van der Waals surface area contributed by atoms with Crippen molar-refractivity contribution in [3.8, 4) is 0 Å². The molecule has 0 spiro atoms. The molecular weight excluding hydrogens is 334 g/mol. The molecule has 2 aromatic rings. The predicted octanol–water partition coefficient (Wildman–Crippen LogP) is 4.72. The van der Waals surface area contributed by atoms with E-state index in [0.717, 1.165) is 0 Å². The third kappa shape index (κ3) is 2.39. The summed E-state index contributed by atoms with van der Waals surface area (Å²) in [7, 11) is 0. The molecule has 0 fully saturated rings. The number of hydrogen-bond donors (Lipinski definition) is 0. The third-order valence-corrected chi connectivity index (χ3v) is 3.54. The summed E-state index contributed by atoms with van der Waals surface area (Å²) in [5, 5.41) is -0.0783. The van der Waals surface area contributed by atoms with Crippen LogP contribution in [0.3, 0.4) is 0 Å². The van der Waals surface area contributed by atoms with E-state index in [-0.39, 0.29) is 21.6 Å². The van der Waals surface area contributed by atoms with Gasteiger partial charge in [0, 0.05) is 4.47 Å². The lowest BCUT2D eigenvalue weighted by Gasteiger charge is -2.03. The highest BCUT2D eigenvalue weighted by Crippen LogP contribution is 2.29. The molecule has 0 unspecified atom stereocenters. The third-order valence-electron chi connectivity index (χ3n) is 2.08. The maximum absolute atomic E-state index is 13.7. The minimum atomic E-state index is -0.793. The van der Waals surface area contributed by atoms with Gasteiger partial charge in [0.1, 0.15) is 0 Å². The molecule has 0 radical (unpaired) electrons. The van der Waals surface area contributed by atoms with Crippen LogP contribution < -0.4 is 0 Å². The average molecular weight is 338 g/mol. The highest BCUT2D eigenvalue weighted by molar-refractivity contribution is 9.10. The van der Waals surface area contributed by atoms with Crippen molar-refractivity contribution in [1.29, 1.82) is 0 Å². The Morgan fingerprint density at radius 1 is 1.24 bits per heavy atom. The first kappa shape index (κ1) is 12.6. The number of furan rings is 1. The lowest BCUT2D eigenvalue weighted by molar-refractivity contribution is 0.101. The summed E-state index contributed by atoms with van der Waals surface area (Å²) in [6, 6.07) is 5.60. The zero-order valence-electron chi connectivity index (χ0n) is 8.14. The standard InChI is InChI=1S/C11H4BrCl2FO2/c12-6-2-1-5(10(15)9(6)14)11(16)7-3-4-8(13)17-7/h1-4H. The average Bonchev–Trinajstić information content (AvgIpc) is 2.72. The van der Waals surface area contributed by atoms with Crippen LogP contribution in [-0.4, -0.2) is 5.78 Å². The Morgan fingerprint density at radius 2 is 1.94 bits per heavy atom. The molecule has 6 heteroatoms. The van der Waals surface area contributed by atoms with E-state index >= 15 is 0 Å². The molecule has 0 aliphatic rings. The molecule has 17 heavy (non-hydrogen) atoms. The van der Waals surface area contributed by atoms with Crippen LogP contribution in [0.1, 0.15) is 16.1 Å². The van der Waals surface area contributed by atoms with Gasteiger partial charge in [0.2, 0.25) is 5.78 Å². The molecule has 0 aliphatic heterocycles. The van der Waals surface area contributed by atoms with Crippen LogP contribution in [0.25, 0.3) is 0 Å². The Bertz CT molecular complexity index is 595. The Balaban J connectivity index is 2.48. The van der Waals surface area contributed by atoms with Gasteiger partial charge in [0.05, 0.1) is 10.6 Å². The van der Waals surface area contributed by atoms with Gasteiger partial charge in [0.25, 0.3) is 0 Å². The van der Waals surface area contributed by atoms with Crippen LogP contribution in [-0.2, 0) is 0 Å². The van der Waals surface area contributed by atoms with Crippen LogP contribution in [0.15, 0.2) is 33.2 Å². The van der Waals surface area contributed by atoms with Crippen LogP contribution in [0.4, 0.5) is 4.39 Å². The first-order valence-electron chi connectivity index (χ1n) is 4.44. The zero-order chi connectivity index (χ0) is 12.6. The van der Waals surface area contributed by atoms with E-state index in [2.05, 4.69) is 15.9 Å². The van der Waals surface area contributed by atoms with Gasteiger partial charge < -0.3 is 4.42 Å². The predicted molar refractivity (Wildman–Crippen MR) is 66.3 cm³/mol. The monoisotopic (exact) mass is 336 g/mol. The summed E-state index contributed by atoms with van der Waals surface area (Å²) in [6.45, 7) is 0. The SMILES string of the molecule is O=C(c1ccc(Cl)o1)c1ccc(Br)c(Cl)c1F. The maximum Gasteiger partial charge on any atom is 0.231 e. The smallest absolute Gasteiger partial charge is 0.231 e. The van der Waals surface area contributed by atoms with Crippen LogP contribution in [0.2, 0.25) is 10.2 Å². The first-order chi connectivity index (χ1) is 8.00. The van der Waals surface area contributed by atoms with E-state index in [4.69, 9.17) is 27.6 Å². The number of carbonyl (C=O) groups is 1. The first-order valence-corrected chi connectivity index (χ1v) is 5.99. The fourth-order valence-corrected chi connectivity index (χ4v) is 1.89. The fourth-order valence-electron chi connectivity index (χ4n) is 1.27. The Kier molecular flexibility index (Phi) is 3.56. The maximum atomic E-state index is 13.7. The molecule has 2 rings (SSSR count). The second-order valence-electron chi connectivity index (χ2n) is 3.16. The zero-order valence-corrected chi connectivity index (χ0v) is 11.2. The lowest BCUT2D eigenvalue weighted by Crippen LogP contribution is -2.03. The molecule has 0 atom stereocenters. The summed E-state index contributed by atoms with van der Waals surface area (Å²) in [4.78, 5) is 11.9. The second-order valence-corrected chi connectivity index (χ2v) is 4.76. The largest absolute Gasteiger partial charge is 0.441 e. The van der Waals surface area contributed by atoms with Gasteiger partial charge in [0.15, 0.2) is 16.8 Å².